The lowest BCUT2D eigenvalue weighted by atomic mass is 9.86. The molecule has 0 saturated heterocycles. The molecule has 10 rings (SSSR count). The van der Waals surface area contributed by atoms with Crippen molar-refractivity contribution in [2.45, 2.75) is 78.6 Å². The Kier molecular flexibility index (Phi) is 7.73. The fourth-order valence-electron chi connectivity index (χ4n) is 8.79. The second-order valence-corrected chi connectivity index (χ2v) is 19.9. The van der Waals surface area contributed by atoms with Crippen LogP contribution >= 0.6 is 0 Å². The Labute approximate surface area is 398 Å². The first-order valence-corrected chi connectivity index (χ1v) is 22.1. The van der Waals surface area contributed by atoms with Gasteiger partial charge >= 0.3 is 0 Å². The molecular weight excluding hydrogens is 793 g/mol. The highest BCUT2D eigenvalue weighted by Crippen LogP contribution is 2.51. The van der Waals surface area contributed by atoms with Crippen molar-refractivity contribution in [3.8, 4) is 39.6 Å². The zero-order valence-corrected chi connectivity index (χ0v) is 38.4. The first kappa shape index (κ1) is 31.7. The Morgan fingerprint density at radius 3 is 1.75 bits per heavy atom. The summed E-state index contributed by atoms with van der Waals surface area (Å²) in [5, 5.41) is 2.18. The Balaban J connectivity index is 1.15. The van der Waals surface area contributed by atoms with E-state index in [4.69, 9.17) is 23.4 Å². The lowest BCUT2D eigenvalue weighted by Gasteiger charge is -2.28. The number of ether oxygens (including phenoxy) is 1. The first-order chi connectivity index (χ1) is 35.3. The van der Waals surface area contributed by atoms with E-state index in [1.165, 1.54) is 5.56 Å². The van der Waals surface area contributed by atoms with Gasteiger partial charge in [-0.15, -0.1) is 0 Å². The van der Waals surface area contributed by atoms with Crippen LogP contribution in [-0.2, 0) is 16.2 Å². The Bertz CT molecular complexity index is 3680. The van der Waals surface area contributed by atoms with E-state index in [0.717, 1.165) is 50.1 Å². The highest BCUT2D eigenvalue weighted by molar-refractivity contribution is 6.10. The van der Waals surface area contributed by atoms with Crippen LogP contribution in [0.5, 0.6) is 11.5 Å². The monoisotopic (exact) mass is 861 g/mol. The number of rotatable bonds is 7. The number of fused-ring (bicyclic) bond motifs is 4. The van der Waals surface area contributed by atoms with Gasteiger partial charge in [0.1, 0.15) is 24.0 Å². The third-order valence-electron chi connectivity index (χ3n) is 12.3. The maximum Gasteiger partial charge on any atom is 0.137 e. The molecule has 324 valence electrons. The van der Waals surface area contributed by atoms with Crippen LogP contribution in [0, 0.1) is 0 Å². The molecule has 0 unspecified atom stereocenters. The summed E-state index contributed by atoms with van der Waals surface area (Å²) >= 11 is 0. The Morgan fingerprint density at radius 2 is 1.12 bits per heavy atom. The molecule has 9 aromatic rings. The zero-order chi connectivity index (χ0) is 54.0. The fourth-order valence-corrected chi connectivity index (χ4v) is 8.79. The summed E-state index contributed by atoms with van der Waals surface area (Å²) in [6, 6.07) is 30.9. The van der Waals surface area contributed by atoms with Gasteiger partial charge in [0, 0.05) is 45.9 Å². The van der Waals surface area contributed by atoms with Gasteiger partial charge in [0.25, 0.3) is 0 Å². The number of pyridine rings is 1. The van der Waals surface area contributed by atoms with Crippen molar-refractivity contribution < 1.29 is 18.4 Å². The molecule has 1 aliphatic heterocycles. The minimum absolute atomic E-state index is 0.0703. The van der Waals surface area contributed by atoms with E-state index >= 15 is 0 Å². The first-order valence-electron chi connectivity index (χ1n) is 27.1. The lowest BCUT2D eigenvalue weighted by molar-refractivity contribution is 0.479. The molecule has 0 amide bonds. The van der Waals surface area contributed by atoms with Crippen LogP contribution in [0.2, 0.25) is 0 Å². The number of aromatic nitrogens is 2. The smallest absolute Gasteiger partial charge is 0.137 e. The summed E-state index contributed by atoms with van der Waals surface area (Å²) in [6.45, 7) is 19.8. The van der Waals surface area contributed by atoms with Crippen molar-refractivity contribution in [1.29, 1.82) is 0 Å². The molecule has 0 N–H and O–H groups in total. The number of nitrogens with zero attached hydrogens (tertiary/aromatic N) is 4. The van der Waals surface area contributed by atoms with E-state index < -0.39 is 60.4 Å². The van der Waals surface area contributed by atoms with E-state index in [9.17, 15) is 0 Å². The summed E-state index contributed by atoms with van der Waals surface area (Å²) < 4.78 is 97.1. The predicted octanol–water partition coefficient (Wildman–Crippen LogP) is 16.4. The van der Waals surface area contributed by atoms with Crippen molar-refractivity contribution in [3.05, 3.63) is 193 Å². The van der Waals surface area contributed by atoms with Crippen molar-refractivity contribution in [2.75, 3.05) is 16.5 Å². The van der Waals surface area contributed by atoms with E-state index in [2.05, 4.69) is 126 Å². The summed E-state index contributed by atoms with van der Waals surface area (Å²) in [7, 11) is 0. The summed E-state index contributed by atoms with van der Waals surface area (Å²) in [5.74, 6) is 2.00. The highest BCUT2D eigenvalue weighted by Gasteiger charge is 2.32. The summed E-state index contributed by atoms with van der Waals surface area (Å²) in [4.78, 5) is 8.96. The predicted molar refractivity (Wildman–Crippen MR) is 274 cm³/mol. The lowest BCUT2D eigenvalue weighted by Crippen LogP contribution is -2.25. The summed E-state index contributed by atoms with van der Waals surface area (Å²) in [6.07, 6.45) is 1.87. The molecule has 5 heteroatoms. The SMILES string of the molecule is [2H]c1c([2H])c([2H])c(-c2cccc(-c3c([2H])c([2H])c([2H])c([2H])c3[2H])c2N2CN(c3cc(Oc4ccc5c6cc(C(C)(C)C)ccc6n(-c6cc(C(C)(C)C)ccn6)c5c4)cc(C(C)(C)C)c3)c3ccccc32)c([2H])c1[2H]. The number of benzene rings is 7. The third kappa shape index (κ3) is 7.84. The van der Waals surface area contributed by atoms with Crippen LogP contribution in [0.25, 0.3) is 49.9 Å². The number of hydrogen-bond acceptors (Lipinski definition) is 4. The maximum absolute atomic E-state index is 9.12. The highest BCUT2D eigenvalue weighted by atomic mass is 16.5. The molecule has 0 fully saturated rings. The third-order valence-corrected chi connectivity index (χ3v) is 12.3. The normalized spacial score (nSPS) is 15.3. The molecule has 3 heterocycles. The second-order valence-electron chi connectivity index (χ2n) is 19.9. The molecule has 0 spiro atoms. The molecular formula is C60H58N4O. The summed E-state index contributed by atoms with van der Waals surface area (Å²) in [5.41, 5.74) is 7.61. The average molecular weight is 861 g/mol. The van der Waals surface area contributed by atoms with Gasteiger partial charge in [0.05, 0.1) is 41.8 Å². The van der Waals surface area contributed by atoms with Crippen molar-refractivity contribution in [1.82, 2.24) is 9.55 Å². The molecule has 1 aliphatic rings. The molecule has 7 aromatic carbocycles. The van der Waals surface area contributed by atoms with E-state index in [1.54, 1.807) is 18.2 Å². The number of para-hydroxylation sites is 3. The Hall–Kier alpha value is -7.11. The van der Waals surface area contributed by atoms with Crippen molar-refractivity contribution in [2.24, 2.45) is 0 Å². The van der Waals surface area contributed by atoms with E-state index in [-0.39, 0.29) is 45.2 Å². The minimum atomic E-state index is -0.550. The molecule has 65 heavy (non-hydrogen) atoms. The number of hydrogen-bond donors (Lipinski definition) is 0. The molecule has 5 nitrogen and oxygen atoms in total. The van der Waals surface area contributed by atoms with Gasteiger partial charge in [0.2, 0.25) is 0 Å². The molecule has 0 bridgehead atoms. The fraction of sp³-hybridized carbons (Fsp3) is 0.217. The van der Waals surface area contributed by atoms with Gasteiger partial charge < -0.3 is 14.5 Å². The van der Waals surface area contributed by atoms with Crippen LogP contribution in [0.4, 0.5) is 22.7 Å². The topological polar surface area (TPSA) is 33.5 Å². The average Bonchev–Trinajstić information content (AvgIpc) is 3.93. The largest absolute Gasteiger partial charge is 0.457 e. The zero-order valence-electron chi connectivity index (χ0n) is 48.4. The van der Waals surface area contributed by atoms with Gasteiger partial charge in [-0.25, -0.2) is 4.98 Å². The van der Waals surface area contributed by atoms with E-state index in [0.29, 0.717) is 22.9 Å². The van der Waals surface area contributed by atoms with Crippen LogP contribution in [0.3, 0.4) is 0 Å². The second kappa shape index (κ2) is 15.8. The Morgan fingerprint density at radius 1 is 0.508 bits per heavy atom. The molecule has 0 radical (unpaired) electrons. The van der Waals surface area contributed by atoms with Crippen LogP contribution in [-0.4, -0.2) is 16.2 Å². The van der Waals surface area contributed by atoms with Crippen LogP contribution in [0.1, 0.15) is 92.7 Å². The number of anilines is 4. The van der Waals surface area contributed by atoms with Crippen LogP contribution in [0.15, 0.2) is 176 Å². The van der Waals surface area contributed by atoms with Crippen LogP contribution < -0.4 is 14.5 Å². The van der Waals surface area contributed by atoms with Gasteiger partial charge in [-0.1, -0.05) is 159 Å². The standard InChI is InChI=1S/C60H58N4O/c1-58(2,3)42-27-30-52-51(35-42)50-29-28-46(38-55(50)64(52)56-36-43(31-32-61-56)59(4,5)6)65-47-34-44(60(7,8)9)33-45(37-47)62-39-63(54-26-17-16-25-53(54)62)57-48(40-19-12-10-13-20-40)23-18-24-49(57)41-21-14-11-15-22-41/h10-38H,39H2,1-9H3/i10D,11D,12D,13D,14D,15D,19D,20D,21D,22D. The van der Waals surface area contributed by atoms with Gasteiger partial charge in [-0.3, -0.25) is 4.57 Å². The van der Waals surface area contributed by atoms with Gasteiger partial charge in [-0.05, 0) is 105 Å². The molecule has 0 saturated carbocycles. The van der Waals surface area contributed by atoms with Gasteiger partial charge in [0.15, 0.2) is 0 Å². The maximum atomic E-state index is 9.12. The quantitative estimate of drug-likeness (QED) is 0.160. The molecule has 0 aliphatic carbocycles. The van der Waals surface area contributed by atoms with Gasteiger partial charge in [-0.2, -0.15) is 0 Å². The molecule has 0 atom stereocenters. The molecule has 2 aromatic heterocycles. The van der Waals surface area contributed by atoms with Crippen molar-refractivity contribution in [3.63, 3.8) is 0 Å². The minimum Gasteiger partial charge on any atom is -0.457 e. The van der Waals surface area contributed by atoms with E-state index in [1.807, 2.05) is 47.5 Å². The van der Waals surface area contributed by atoms with Crippen molar-refractivity contribution >= 4 is 44.6 Å².